The molecule has 1 atom stereocenters. The predicted octanol–water partition coefficient (Wildman–Crippen LogP) is 2.19. The van der Waals surface area contributed by atoms with E-state index in [1.54, 1.807) is 0 Å². The van der Waals surface area contributed by atoms with E-state index in [9.17, 15) is 0 Å². The van der Waals surface area contributed by atoms with Crippen molar-refractivity contribution in [1.29, 1.82) is 0 Å². The fourth-order valence-corrected chi connectivity index (χ4v) is 2.51. The third-order valence-electron chi connectivity index (χ3n) is 3.41. The zero-order valence-corrected chi connectivity index (χ0v) is 14.8. The summed E-state index contributed by atoms with van der Waals surface area (Å²) < 4.78 is 16.8. The van der Waals surface area contributed by atoms with Gasteiger partial charge in [0.15, 0.2) is 5.82 Å². The van der Waals surface area contributed by atoms with Crippen molar-refractivity contribution in [2.75, 3.05) is 39.5 Å². The fourth-order valence-electron chi connectivity index (χ4n) is 2.17. The second kappa shape index (κ2) is 8.61. The summed E-state index contributed by atoms with van der Waals surface area (Å²) in [5.41, 5.74) is 0. The van der Waals surface area contributed by atoms with Crippen molar-refractivity contribution in [1.82, 2.24) is 19.9 Å². The first kappa shape index (κ1) is 18.2. The van der Waals surface area contributed by atoms with Crippen LogP contribution in [0.5, 0.6) is 12.0 Å². The summed E-state index contributed by atoms with van der Waals surface area (Å²) in [7, 11) is 0. The molecule has 2 heterocycles. The molecule has 0 aliphatic carbocycles. The average molecular weight is 345 g/mol. The highest BCUT2D eigenvalue weighted by Gasteiger charge is 2.40. The molecule has 1 aliphatic heterocycles. The van der Waals surface area contributed by atoms with Gasteiger partial charge in [-0.3, -0.25) is 4.90 Å². The van der Waals surface area contributed by atoms with Crippen LogP contribution in [0.25, 0.3) is 0 Å². The smallest absolute Gasteiger partial charge is 0.323 e. The average Bonchev–Trinajstić information content (AvgIpc) is 2.58. The standard InChI is InChI=1S/C15H25ClN4O3/c1-4-8-21-13-17-12(18-14(19-13)22-9-5-2)15(16)11-20(6-3)7-10-23-15/h4-11H2,1-3H3. The van der Waals surface area contributed by atoms with Crippen molar-refractivity contribution < 1.29 is 14.2 Å². The molecule has 1 fully saturated rings. The molecule has 23 heavy (non-hydrogen) atoms. The fraction of sp³-hybridized carbons (Fsp3) is 0.800. The Morgan fingerprint density at radius 1 is 1.09 bits per heavy atom. The molecule has 0 N–H and O–H groups in total. The Hall–Kier alpha value is -1.18. The number of likely N-dealkylation sites (N-methyl/N-ethyl adjacent to an activating group) is 1. The normalized spacial score (nSPS) is 22.1. The van der Waals surface area contributed by atoms with Crippen molar-refractivity contribution in [3.63, 3.8) is 0 Å². The molecule has 0 saturated carbocycles. The highest BCUT2D eigenvalue weighted by atomic mass is 35.5. The van der Waals surface area contributed by atoms with Gasteiger partial charge in [0.25, 0.3) is 0 Å². The molecule has 1 aromatic heterocycles. The van der Waals surface area contributed by atoms with Gasteiger partial charge in [0.1, 0.15) is 0 Å². The Balaban J connectivity index is 2.27. The molecule has 2 rings (SSSR count). The van der Waals surface area contributed by atoms with Gasteiger partial charge in [0.2, 0.25) is 5.06 Å². The summed E-state index contributed by atoms with van der Waals surface area (Å²) in [4.78, 5) is 15.0. The predicted molar refractivity (Wildman–Crippen MR) is 87.0 cm³/mol. The quantitative estimate of drug-likeness (QED) is 0.669. The van der Waals surface area contributed by atoms with Crippen LogP contribution in [0.1, 0.15) is 39.4 Å². The molecule has 1 unspecified atom stereocenters. The summed E-state index contributed by atoms with van der Waals surface area (Å²) in [5, 5.41) is -1.11. The Morgan fingerprint density at radius 3 is 2.22 bits per heavy atom. The number of halogens is 1. The molecular formula is C15H25ClN4O3. The molecular weight excluding hydrogens is 320 g/mol. The van der Waals surface area contributed by atoms with Crippen LogP contribution in [-0.4, -0.2) is 59.3 Å². The summed E-state index contributed by atoms with van der Waals surface area (Å²) in [6.07, 6.45) is 1.72. The first-order valence-electron chi connectivity index (χ1n) is 8.18. The van der Waals surface area contributed by atoms with Gasteiger partial charge in [-0.15, -0.1) is 4.98 Å². The lowest BCUT2D eigenvalue weighted by atomic mass is 10.2. The topological polar surface area (TPSA) is 69.6 Å². The maximum absolute atomic E-state index is 6.66. The number of rotatable bonds is 8. The monoisotopic (exact) mass is 344 g/mol. The molecule has 7 nitrogen and oxygen atoms in total. The van der Waals surface area contributed by atoms with Crippen LogP contribution < -0.4 is 9.47 Å². The second-order valence-corrected chi connectivity index (χ2v) is 5.98. The van der Waals surface area contributed by atoms with Crippen molar-refractivity contribution in [2.24, 2.45) is 0 Å². The van der Waals surface area contributed by atoms with Crippen LogP contribution in [0.2, 0.25) is 0 Å². The lowest BCUT2D eigenvalue weighted by Gasteiger charge is -2.36. The minimum atomic E-state index is -1.11. The first-order chi connectivity index (χ1) is 11.1. The molecule has 0 radical (unpaired) electrons. The van der Waals surface area contributed by atoms with E-state index in [2.05, 4.69) is 26.8 Å². The van der Waals surface area contributed by atoms with E-state index in [1.165, 1.54) is 0 Å². The number of aromatic nitrogens is 3. The van der Waals surface area contributed by atoms with E-state index in [0.717, 1.165) is 25.9 Å². The summed E-state index contributed by atoms with van der Waals surface area (Å²) in [6, 6.07) is 0.445. The molecule has 0 aromatic carbocycles. The van der Waals surface area contributed by atoms with Gasteiger partial charge in [-0.05, 0) is 19.4 Å². The molecule has 130 valence electrons. The van der Waals surface area contributed by atoms with Crippen molar-refractivity contribution in [2.45, 2.75) is 38.7 Å². The van der Waals surface area contributed by atoms with E-state index in [-0.39, 0.29) is 12.0 Å². The third kappa shape index (κ3) is 4.89. The van der Waals surface area contributed by atoms with Gasteiger partial charge in [0, 0.05) is 13.1 Å². The van der Waals surface area contributed by atoms with Gasteiger partial charge in [-0.1, -0.05) is 32.4 Å². The van der Waals surface area contributed by atoms with Crippen molar-refractivity contribution in [3.05, 3.63) is 5.82 Å². The van der Waals surface area contributed by atoms with Crippen LogP contribution in [0.3, 0.4) is 0 Å². The van der Waals surface area contributed by atoms with Gasteiger partial charge >= 0.3 is 12.0 Å². The maximum atomic E-state index is 6.66. The van der Waals surface area contributed by atoms with E-state index in [0.29, 0.717) is 32.2 Å². The summed E-state index contributed by atoms with van der Waals surface area (Å²) in [6.45, 7) is 9.93. The zero-order chi connectivity index (χ0) is 16.7. The number of hydrogen-bond acceptors (Lipinski definition) is 7. The van der Waals surface area contributed by atoms with Gasteiger partial charge in [0.05, 0.1) is 19.8 Å². The lowest BCUT2D eigenvalue weighted by molar-refractivity contribution is -0.0640. The van der Waals surface area contributed by atoms with E-state index >= 15 is 0 Å². The maximum Gasteiger partial charge on any atom is 0.323 e. The number of alkyl halides is 1. The Morgan fingerprint density at radius 2 is 1.70 bits per heavy atom. The van der Waals surface area contributed by atoms with Gasteiger partial charge < -0.3 is 14.2 Å². The van der Waals surface area contributed by atoms with Crippen molar-refractivity contribution in [3.8, 4) is 12.0 Å². The molecule has 1 aromatic rings. The number of morpholine rings is 1. The third-order valence-corrected chi connectivity index (χ3v) is 3.81. The molecule has 1 aliphatic rings. The number of hydrogen-bond donors (Lipinski definition) is 0. The van der Waals surface area contributed by atoms with Crippen LogP contribution in [0, 0.1) is 0 Å². The number of ether oxygens (including phenoxy) is 3. The van der Waals surface area contributed by atoms with Crippen LogP contribution >= 0.6 is 11.6 Å². The van der Waals surface area contributed by atoms with E-state index in [4.69, 9.17) is 25.8 Å². The minimum Gasteiger partial charge on any atom is -0.463 e. The van der Waals surface area contributed by atoms with Gasteiger partial charge in [-0.2, -0.15) is 9.97 Å². The van der Waals surface area contributed by atoms with Crippen LogP contribution in [0.4, 0.5) is 0 Å². The summed E-state index contributed by atoms with van der Waals surface area (Å²) in [5.74, 6) is 0.338. The second-order valence-electron chi connectivity index (χ2n) is 5.37. The Bertz CT molecular complexity index is 479. The van der Waals surface area contributed by atoms with Crippen molar-refractivity contribution >= 4 is 11.6 Å². The molecule has 0 bridgehead atoms. The summed E-state index contributed by atoms with van der Waals surface area (Å²) >= 11 is 6.66. The van der Waals surface area contributed by atoms with Crippen LogP contribution in [0.15, 0.2) is 0 Å². The number of nitrogens with zero attached hydrogens (tertiary/aromatic N) is 4. The highest BCUT2D eigenvalue weighted by molar-refractivity contribution is 6.22. The van der Waals surface area contributed by atoms with Crippen LogP contribution in [-0.2, 0) is 9.80 Å². The lowest BCUT2D eigenvalue weighted by Crippen LogP contribution is -2.47. The Labute approximate surface area is 142 Å². The first-order valence-corrected chi connectivity index (χ1v) is 8.56. The molecule has 0 amide bonds. The van der Waals surface area contributed by atoms with E-state index in [1.807, 2.05) is 13.8 Å². The Kier molecular flexibility index (Phi) is 6.80. The SMILES string of the molecule is CCCOc1nc(OCCC)nc(C2(Cl)CN(CC)CCO2)n1. The molecule has 1 saturated heterocycles. The van der Waals surface area contributed by atoms with E-state index < -0.39 is 5.06 Å². The zero-order valence-electron chi connectivity index (χ0n) is 14.0. The largest absolute Gasteiger partial charge is 0.463 e. The minimum absolute atomic E-state index is 0.222. The molecule has 0 spiro atoms. The highest BCUT2D eigenvalue weighted by Crippen LogP contribution is 2.33. The van der Waals surface area contributed by atoms with Gasteiger partial charge in [-0.25, -0.2) is 0 Å². The molecule has 8 heteroatoms.